The lowest BCUT2D eigenvalue weighted by Gasteiger charge is -2.29. The first-order valence-corrected chi connectivity index (χ1v) is 10.5. The van der Waals surface area contributed by atoms with Crippen molar-refractivity contribution in [3.05, 3.63) is 59.2 Å². The summed E-state index contributed by atoms with van der Waals surface area (Å²) in [6, 6.07) is 14.0. The lowest BCUT2D eigenvalue weighted by atomic mass is 10.1. The number of rotatable bonds is 5. The van der Waals surface area contributed by atoms with Crippen molar-refractivity contribution in [2.24, 2.45) is 0 Å². The Kier molecular flexibility index (Phi) is 5.71. The molecule has 1 saturated heterocycles. The Hall–Kier alpha value is -2.28. The summed E-state index contributed by atoms with van der Waals surface area (Å²) in [4.78, 5) is 22.3. The van der Waals surface area contributed by atoms with E-state index in [1.54, 1.807) is 11.3 Å². The lowest BCUT2D eigenvalue weighted by molar-refractivity contribution is 0.0391. The van der Waals surface area contributed by atoms with E-state index in [-0.39, 0.29) is 5.91 Å². The fourth-order valence-electron chi connectivity index (χ4n) is 3.34. The first kappa shape index (κ1) is 19.1. The van der Waals surface area contributed by atoms with Crippen LogP contribution in [0.2, 0.25) is 0 Å². The van der Waals surface area contributed by atoms with Gasteiger partial charge in [0.1, 0.15) is 0 Å². The van der Waals surface area contributed by atoms with Gasteiger partial charge in [-0.25, -0.2) is 4.98 Å². The highest BCUT2D eigenvalue weighted by atomic mass is 32.1. The second kappa shape index (κ2) is 8.39. The third-order valence-electron chi connectivity index (χ3n) is 5.05. The van der Waals surface area contributed by atoms with Gasteiger partial charge in [0.15, 0.2) is 5.13 Å². The molecular formula is C22H25N3O2S. The van der Waals surface area contributed by atoms with Crippen molar-refractivity contribution >= 4 is 32.6 Å². The van der Waals surface area contributed by atoms with Gasteiger partial charge in [-0.3, -0.25) is 14.6 Å². The minimum atomic E-state index is 0.00374. The van der Waals surface area contributed by atoms with Crippen LogP contribution in [0.1, 0.15) is 21.5 Å². The number of carbonyl (C=O) groups excluding carboxylic acids is 1. The molecule has 0 N–H and O–H groups in total. The average molecular weight is 396 g/mol. The van der Waals surface area contributed by atoms with Gasteiger partial charge in [0, 0.05) is 31.7 Å². The third kappa shape index (κ3) is 4.24. The molecule has 1 amide bonds. The fraction of sp³-hybridized carbons (Fsp3) is 0.364. The van der Waals surface area contributed by atoms with Crippen molar-refractivity contribution < 1.29 is 9.53 Å². The Labute approximate surface area is 169 Å². The number of ether oxygens (including phenoxy) is 1. The quantitative estimate of drug-likeness (QED) is 0.657. The van der Waals surface area contributed by atoms with Crippen molar-refractivity contribution in [2.75, 3.05) is 44.3 Å². The van der Waals surface area contributed by atoms with Gasteiger partial charge in [0.2, 0.25) is 0 Å². The molecule has 0 bridgehead atoms. The predicted molar refractivity (Wildman–Crippen MR) is 114 cm³/mol. The zero-order valence-corrected chi connectivity index (χ0v) is 17.2. The third-order valence-corrected chi connectivity index (χ3v) is 6.09. The van der Waals surface area contributed by atoms with Crippen LogP contribution < -0.4 is 4.90 Å². The summed E-state index contributed by atoms with van der Waals surface area (Å²) in [6.45, 7) is 8.87. The number of carbonyl (C=O) groups is 1. The highest BCUT2D eigenvalue weighted by Crippen LogP contribution is 2.30. The van der Waals surface area contributed by atoms with Gasteiger partial charge in [0.05, 0.1) is 23.4 Å². The maximum Gasteiger partial charge on any atom is 0.260 e. The number of anilines is 1. The van der Waals surface area contributed by atoms with Gasteiger partial charge in [-0.15, -0.1) is 0 Å². The summed E-state index contributed by atoms with van der Waals surface area (Å²) in [7, 11) is 0. The highest BCUT2D eigenvalue weighted by Gasteiger charge is 2.22. The minimum Gasteiger partial charge on any atom is -0.379 e. The van der Waals surface area contributed by atoms with Crippen LogP contribution in [0.15, 0.2) is 42.5 Å². The summed E-state index contributed by atoms with van der Waals surface area (Å²) < 4.78 is 6.55. The normalized spacial score (nSPS) is 15.1. The standard InChI is InChI=1S/C22H25N3O2S/c1-16-3-6-18(7-4-16)21(26)25(10-9-24-11-13-27-14-12-24)22-23-19-8-5-17(2)15-20(19)28-22/h3-8,15H,9-14H2,1-2H3. The molecule has 5 nitrogen and oxygen atoms in total. The minimum absolute atomic E-state index is 0.00374. The molecule has 0 saturated carbocycles. The van der Waals surface area contributed by atoms with Crippen molar-refractivity contribution in [1.29, 1.82) is 0 Å². The molecule has 0 radical (unpaired) electrons. The Bertz CT molecular complexity index is 962. The molecule has 4 rings (SSSR count). The monoisotopic (exact) mass is 395 g/mol. The maximum atomic E-state index is 13.3. The van der Waals surface area contributed by atoms with E-state index in [4.69, 9.17) is 9.72 Å². The molecule has 1 aliphatic heterocycles. The molecule has 2 aromatic carbocycles. The van der Waals surface area contributed by atoms with Crippen LogP contribution in [-0.4, -0.2) is 55.2 Å². The van der Waals surface area contributed by atoms with Gasteiger partial charge in [-0.2, -0.15) is 0 Å². The van der Waals surface area contributed by atoms with Crippen LogP contribution in [0.5, 0.6) is 0 Å². The molecule has 0 aliphatic carbocycles. The number of morpholine rings is 1. The van der Waals surface area contributed by atoms with Gasteiger partial charge in [-0.05, 0) is 43.7 Å². The SMILES string of the molecule is Cc1ccc(C(=O)N(CCN2CCOCC2)c2nc3ccc(C)cc3s2)cc1. The van der Waals surface area contributed by atoms with E-state index >= 15 is 0 Å². The second-order valence-electron chi connectivity index (χ2n) is 7.24. The van der Waals surface area contributed by atoms with Gasteiger partial charge >= 0.3 is 0 Å². The first-order valence-electron chi connectivity index (χ1n) is 9.66. The van der Waals surface area contributed by atoms with Crippen molar-refractivity contribution in [1.82, 2.24) is 9.88 Å². The number of hydrogen-bond acceptors (Lipinski definition) is 5. The summed E-state index contributed by atoms with van der Waals surface area (Å²) >= 11 is 1.58. The smallest absolute Gasteiger partial charge is 0.260 e. The highest BCUT2D eigenvalue weighted by molar-refractivity contribution is 7.22. The molecule has 2 heterocycles. The molecule has 3 aromatic rings. The predicted octanol–water partition coefficient (Wildman–Crippen LogP) is 3.89. The number of hydrogen-bond donors (Lipinski definition) is 0. The Morgan fingerprint density at radius 3 is 2.57 bits per heavy atom. The lowest BCUT2D eigenvalue weighted by Crippen LogP contribution is -2.43. The molecule has 0 atom stereocenters. The number of nitrogens with zero attached hydrogens (tertiary/aromatic N) is 3. The largest absolute Gasteiger partial charge is 0.379 e. The molecule has 28 heavy (non-hydrogen) atoms. The number of aryl methyl sites for hydroxylation is 2. The average Bonchev–Trinajstić information content (AvgIpc) is 3.12. The van der Waals surface area contributed by atoms with Crippen molar-refractivity contribution in [3.8, 4) is 0 Å². The Morgan fingerprint density at radius 2 is 1.82 bits per heavy atom. The van der Waals surface area contributed by atoms with Gasteiger partial charge in [0.25, 0.3) is 5.91 Å². The molecule has 1 aliphatic rings. The molecule has 146 valence electrons. The fourth-order valence-corrected chi connectivity index (χ4v) is 4.43. The van der Waals surface area contributed by atoms with E-state index in [1.165, 1.54) is 5.56 Å². The second-order valence-corrected chi connectivity index (χ2v) is 8.25. The molecule has 0 spiro atoms. The van der Waals surface area contributed by atoms with E-state index in [1.807, 2.05) is 42.2 Å². The summed E-state index contributed by atoms with van der Waals surface area (Å²) in [5, 5.41) is 0.763. The van der Waals surface area contributed by atoms with Crippen LogP contribution in [0.4, 0.5) is 5.13 Å². The van der Waals surface area contributed by atoms with Crippen LogP contribution in [-0.2, 0) is 4.74 Å². The molecular weight excluding hydrogens is 370 g/mol. The zero-order chi connectivity index (χ0) is 19.5. The first-order chi connectivity index (χ1) is 13.6. The number of benzene rings is 2. The maximum absolute atomic E-state index is 13.3. The van der Waals surface area contributed by atoms with Crippen LogP contribution in [0.3, 0.4) is 0 Å². The van der Waals surface area contributed by atoms with Gasteiger partial charge < -0.3 is 4.74 Å². The topological polar surface area (TPSA) is 45.7 Å². The summed E-state index contributed by atoms with van der Waals surface area (Å²) in [5.41, 5.74) is 3.99. The molecule has 6 heteroatoms. The Morgan fingerprint density at radius 1 is 1.11 bits per heavy atom. The Balaban J connectivity index is 1.62. The van der Waals surface area contributed by atoms with E-state index in [2.05, 4.69) is 24.0 Å². The van der Waals surface area contributed by atoms with Crippen LogP contribution in [0.25, 0.3) is 10.2 Å². The van der Waals surface area contributed by atoms with Crippen LogP contribution in [0, 0.1) is 13.8 Å². The summed E-state index contributed by atoms with van der Waals surface area (Å²) in [6.07, 6.45) is 0. The molecule has 0 unspecified atom stereocenters. The number of thiazole rings is 1. The van der Waals surface area contributed by atoms with Gasteiger partial charge in [-0.1, -0.05) is 35.1 Å². The molecule has 1 fully saturated rings. The van der Waals surface area contributed by atoms with E-state index in [9.17, 15) is 4.79 Å². The number of fused-ring (bicyclic) bond motifs is 1. The zero-order valence-electron chi connectivity index (χ0n) is 16.4. The van der Waals surface area contributed by atoms with E-state index < -0.39 is 0 Å². The van der Waals surface area contributed by atoms with Crippen LogP contribution >= 0.6 is 11.3 Å². The number of amides is 1. The molecule has 1 aromatic heterocycles. The van der Waals surface area contributed by atoms with E-state index in [0.717, 1.165) is 53.8 Å². The number of aromatic nitrogens is 1. The van der Waals surface area contributed by atoms with Crippen molar-refractivity contribution in [2.45, 2.75) is 13.8 Å². The van der Waals surface area contributed by atoms with E-state index in [0.29, 0.717) is 12.1 Å². The summed E-state index contributed by atoms with van der Waals surface area (Å²) in [5.74, 6) is 0.00374. The van der Waals surface area contributed by atoms with Crippen molar-refractivity contribution in [3.63, 3.8) is 0 Å².